The largest absolute Gasteiger partial charge is 0.366 e. The van der Waals surface area contributed by atoms with Gasteiger partial charge in [0.2, 0.25) is 5.91 Å². The van der Waals surface area contributed by atoms with Crippen molar-refractivity contribution in [1.29, 1.82) is 0 Å². The minimum Gasteiger partial charge on any atom is -0.366 e. The number of aryl methyl sites for hydroxylation is 1. The molecule has 5 heteroatoms. The first kappa shape index (κ1) is 9.92. The van der Waals surface area contributed by atoms with Crippen LogP contribution in [0.4, 0.5) is 5.82 Å². The molecule has 80 valence electrons. The fourth-order valence-electron chi connectivity index (χ4n) is 1.46. The Morgan fingerprint density at radius 1 is 1.60 bits per heavy atom. The molecule has 15 heavy (non-hydrogen) atoms. The molecule has 5 nitrogen and oxygen atoms in total. The topological polar surface area (TPSA) is 94.0 Å². The summed E-state index contributed by atoms with van der Waals surface area (Å²) < 4.78 is 0. The predicted molar refractivity (Wildman–Crippen MR) is 57.5 cm³/mol. The van der Waals surface area contributed by atoms with Crippen LogP contribution < -0.4 is 16.8 Å². The summed E-state index contributed by atoms with van der Waals surface area (Å²) in [5.74, 6) is 0.227. The maximum absolute atomic E-state index is 11.0. The predicted octanol–water partition coefficient (Wildman–Crippen LogP) is 0.000420. The van der Waals surface area contributed by atoms with Gasteiger partial charge in [0.15, 0.2) is 0 Å². The number of hydrogen-bond donors (Lipinski definition) is 3. The van der Waals surface area contributed by atoms with Crippen LogP contribution in [-0.4, -0.2) is 23.0 Å². The lowest BCUT2D eigenvalue weighted by Gasteiger charge is -2.06. The summed E-state index contributed by atoms with van der Waals surface area (Å²) in [6, 6.07) is 3.80. The Hall–Kier alpha value is -1.62. The maximum Gasteiger partial charge on any atom is 0.248 e. The van der Waals surface area contributed by atoms with Crippen molar-refractivity contribution in [3.63, 3.8) is 0 Å². The molecule has 5 N–H and O–H groups in total. The molecule has 0 spiro atoms. The molecular formula is C10H14N4O. The molecule has 0 radical (unpaired) electrons. The third kappa shape index (κ3) is 2.24. The molecule has 1 amide bonds. The fraction of sp³-hybridized carbons (Fsp3) is 0.400. The summed E-state index contributed by atoms with van der Waals surface area (Å²) >= 11 is 0. The van der Waals surface area contributed by atoms with E-state index in [1.807, 2.05) is 6.92 Å². The van der Waals surface area contributed by atoms with Crippen LogP contribution in [0.25, 0.3) is 0 Å². The number of pyridine rings is 1. The number of carbonyl (C=O) groups excluding carboxylic acids is 1. The molecule has 0 aliphatic heterocycles. The average Bonchev–Trinajstić information content (AvgIpc) is 2.80. The van der Waals surface area contributed by atoms with Crippen LogP contribution in [0.15, 0.2) is 12.1 Å². The summed E-state index contributed by atoms with van der Waals surface area (Å²) in [4.78, 5) is 15.3. The van der Waals surface area contributed by atoms with Crippen LogP contribution >= 0.6 is 0 Å². The van der Waals surface area contributed by atoms with Crippen LogP contribution in [0.3, 0.4) is 0 Å². The Bertz CT molecular complexity index is 404. The van der Waals surface area contributed by atoms with Gasteiger partial charge in [0.1, 0.15) is 5.82 Å². The fourth-order valence-corrected chi connectivity index (χ4v) is 1.46. The summed E-state index contributed by atoms with van der Waals surface area (Å²) in [5.41, 5.74) is 12.1. The number of anilines is 1. The lowest BCUT2D eigenvalue weighted by Crippen LogP contribution is -2.16. The monoisotopic (exact) mass is 206 g/mol. The lowest BCUT2D eigenvalue weighted by atomic mass is 10.2. The van der Waals surface area contributed by atoms with Gasteiger partial charge in [-0.15, -0.1) is 0 Å². The molecular weight excluding hydrogens is 192 g/mol. The van der Waals surface area contributed by atoms with E-state index in [9.17, 15) is 4.79 Å². The molecule has 1 aromatic heterocycles. The van der Waals surface area contributed by atoms with E-state index in [1.165, 1.54) is 0 Å². The molecule has 0 bridgehead atoms. The van der Waals surface area contributed by atoms with E-state index < -0.39 is 5.91 Å². The van der Waals surface area contributed by atoms with Gasteiger partial charge >= 0.3 is 0 Å². The Kier molecular flexibility index (Phi) is 2.32. The van der Waals surface area contributed by atoms with Crippen molar-refractivity contribution >= 4 is 11.7 Å². The van der Waals surface area contributed by atoms with Gasteiger partial charge in [-0.2, -0.15) is 0 Å². The van der Waals surface area contributed by atoms with Crippen molar-refractivity contribution < 1.29 is 4.79 Å². The van der Waals surface area contributed by atoms with E-state index in [1.54, 1.807) is 12.1 Å². The zero-order chi connectivity index (χ0) is 11.0. The van der Waals surface area contributed by atoms with Crippen molar-refractivity contribution in [2.75, 3.05) is 5.32 Å². The van der Waals surface area contributed by atoms with Crippen molar-refractivity contribution in [2.24, 2.45) is 11.5 Å². The van der Waals surface area contributed by atoms with E-state index in [0.717, 1.165) is 12.1 Å². The Morgan fingerprint density at radius 2 is 2.27 bits per heavy atom. The van der Waals surface area contributed by atoms with Crippen LogP contribution in [-0.2, 0) is 0 Å². The minimum atomic E-state index is -0.441. The Balaban J connectivity index is 2.19. The van der Waals surface area contributed by atoms with Crippen LogP contribution in [0.2, 0.25) is 0 Å². The minimum absolute atomic E-state index is 0.198. The molecule has 0 saturated heterocycles. The normalized spacial score (nSPS) is 23.6. The second-order valence-electron chi connectivity index (χ2n) is 3.90. The number of nitrogens with zero attached hydrogens (tertiary/aromatic N) is 1. The van der Waals surface area contributed by atoms with Crippen LogP contribution in [0.5, 0.6) is 0 Å². The highest BCUT2D eigenvalue weighted by Crippen LogP contribution is 2.23. The lowest BCUT2D eigenvalue weighted by molar-refractivity contribution is 0.1000. The SMILES string of the molecule is Cc1cc(C(N)=O)cc(NC2CC2N)n1. The van der Waals surface area contributed by atoms with Gasteiger partial charge in [-0.25, -0.2) is 4.98 Å². The summed E-state index contributed by atoms with van der Waals surface area (Å²) in [6.07, 6.45) is 0.946. The van der Waals surface area contributed by atoms with Crippen molar-refractivity contribution in [3.05, 3.63) is 23.4 Å². The van der Waals surface area contributed by atoms with E-state index in [2.05, 4.69) is 10.3 Å². The third-order valence-electron chi connectivity index (χ3n) is 2.41. The number of hydrogen-bond acceptors (Lipinski definition) is 4. The zero-order valence-electron chi connectivity index (χ0n) is 8.53. The molecule has 2 atom stereocenters. The van der Waals surface area contributed by atoms with Gasteiger partial charge in [0, 0.05) is 23.3 Å². The quantitative estimate of drug-likeness (QED) is 0.648. The summed E-state index contributed by atoms with van der Waals surface area (Å²) in [6.45, 7) is 1.82. The van der Waals surface area contributed by atoms with E-state index >= 15 is 0 Å². The Labute approximate surface area is 87.9 Å². The van der Waals surface area contributed by atoms with Gasteiger partial charge in [0.25, 0.3) is 0 Å². The van der Waals surface area contributed by atoms with Crippen molar-refractivity contribution in [3.8, 4) is 0 Å². The van der Waals surface area contributed by atoms with Gasteiger partial charge in [-0.1, -0.05) is 0 Å². The maximum atomic E-state index is 11.0. The molecule has 0 aromatic carbocycles. The molecule has 1 aromatic rings. The second-order valence-corrected chi connectivity index (χ2v) is 3.90. The number of carbonyl (C=O) groups is 1. The standard InChI is InChI=1S/C10H14N4O/c1-5-2-6(10(12)15)3-9(13-5)14-8-4-7(8)11/h2-3,7-8H,4,11H2,1H3,(H2,12,15)(H,13,14). The van der Waals surface area contributed by atoms with Gasteiger partial charge in [-0.05, 0) is 25.5 Å². The van der Waals surface area contributed by atoms with Gasteiger partial charge < -0.3 is 16.8 Å². The molecule has 2 rings (SSSR count). The first-order chi connectivity index (χ1) is 7.06. The number of aromatic nitrogens is 1. The van der Waals surface area contributed by atoms with E-state index in [0.29, 0.717) is 11.4 Å². The highest BCUT2D eigenvalue weighted by Gasteiger charge is 2.33. The summed E-state index contributed by atoms with van der Waals surface area (Å²) in [7, 11) is 0. The third-order valence-corrected chi connectivity index (χ3v) is 2.41. The average molecular weight is 206 g/mol. The molecule has 1 aliphatic carbocycles. The smallest absolute Gasteiger partial charge is 0.248 e. The van der Waals surface area contributed by atoms with Crippen molar-refractivity contribution in [2.45, 2.75) is 25.4 Å². The van der Waals surface area contributed by atoms with Crippen molar-refractivity contribution in [1.82, 2.24) is 4.98 Å². The molecule has 1 saturated carbocycles. The molecule has 1 heterocycles. The zero-order valence-corrected chi connectivity index (χ0v) is 8.53. The van der Waals surface area contributed by atoms with E-state index in [4.69, 9.17) is 11.5 Å². The second kappa shape index (κ2) is 3.51. The van der Waals surface area contributed by atoms with Gasteiger partial charge in [0.05, 0.1) is 0 Å². The highest BCUT2D eigenvalue weighted by molar-refractivity contribution is 5.93. The molecule has 1 aliphatic rings. The van der Waals surface area contributed by atoms with E-state index in [-0.39, 0.29) is 12.1 Å². The van der Waals surface area contributed by atoms with Crippen LogP contribution in [0.1, 0.15) is 22.5 Å². The number of primary amides is 1. The number of nitrogens with two attached hydrogens (primary N) is 2. The first-order valence-electron chi connectivity index (χ1n) is 4.87. The number of rotatable bonds is 3. The molecule has 2 unspecified atom stereocenters. The number of amides is 1. The highest BCUT2D eigenvalue weighted by atomic mass is 16.1. The summed E-state index contributed by atoms with van der Waals surface area (Å²) in [5, 5.41) is 3.16. The number of nitrogens with one attached hydrogen (secondary N) is 1. The Morgan fingerprint density at radius 3 is 2.80 bits per heavy atom. The van der Waals surface area contributed by atoms with Crippen LogP contribution in [0, 0.1) is 6.92 Å². The first-order valence-corrected chi connectivity index (χ1v) is 4.87. The van der Waals surface area contributed by atoms with Gasteiger partial charge in [-0.3, -0.25) is 4.79 Å². The molecule has 1 fully saturated rings.